The molecule has 0 bridgehead atoms. The van der Waals surface area contributed by atoms with Gasteiger partial charge in [-0.1, -0.05) is 24.3 Å². The fourth-order valence-electron chi connectivity index (χ4n) is 2.53. The van der Waals surface area contributed by atoms with Crippen LogP contribution < -0.4 is 10.2 Å². The minimum atomic E-state index is -0.139. The smallest absolute Gasteiger partial charge is 0.277 e. The number of benzene rings is 1. The Hall–Kier alpha value is -1.88. The highest BCUT2D eigenvalue weighted by atomic mass is 16.2. The summed E-state index contributed by atoms with van der Waals surface area (Å²) < 4.78 is 0. The first-order chi connectivity index (χ1) is 9.60. The fourth-order valence-corrected chi connectivity index (χ4v) is 2.53. The van der Waals surface area contributed by atoms with Crippen LogP contribution in [0.5, 0.6) is 0 Å². The van der Waals surface area contributed by atoms with Crippen molar-refractivity contribution in [2.75, 3.05) is 33.7 Å². The van der Waals surface area contributed by atoms with Gasteiger partial charge in [-0.25, -0.2) is 0 Å². The Morgan fingerprint density at radius 3 is 2.70 bits per heavy atom. The molecule has 1 atom stereocenters. The van der Waals surface area contributed by atoms with Crippen molar-refractivity contribution in [3.8, 4) is 0 Å². The fraction of sp³-hybridized carbons (Fsp3) is 0.467. The topological polar surface area (TPSA) is 53.9 Å². The molecule has 1 heterocycles. The molecule has 1 unspecified atom stereocenters. The SMILES string of the molecule is CNC(=O)CN(C)C(=O)C[NH+]1CCc2ccccc2C1. The number of hydrogen-bond donors (Lipinski definition) is 2. The summed E-state index contributed by atoms with van der Waals surface area (Å²) in [5, 5.41) is 2.53. The first-order valence-electron chi connectivity index (χ1n) is 6.95. The number of carbonyl (C=O) groups is 2. The maximum absolute atomic E-state index is 12.1. The van der Waals surface area contributed by atoms with Gasteiger partial charge in [-0.15, -0.1) is 0 Å². The van der Waals surface area contributed by atoms with E-state index in [-0.39, 0.29) is 18.4 Å². The van der Waals surface area contributed by atoms with Gasteiger partial charge in [-0.2, -0.15) is 0 Å². The third-order valence-corrected chi connectivity index (χ3v) is 3.79. The van der Waals surface area contributed by atoms with Crippen LogP contribution in [0.4, 0.5) is 0 Å². The molecule has 0 spiro atoms. The molecule has 0 fully saturated rings. The van der Waals surface area contributed by atoms with E-state index in [1.54, 1.807) is 14.1 Å². The highest BCUT2D eigenvalue weighted by molar-refractivity contribution is 5.84. The van der Waals surface area contributed by atoms with Crippen molar-refractivity contribution < 1.29 is 14.5 Å². The maximum Gasteiger partial charge on any atom is 0.277 e. The second-order valence-corrected chi connectivity index (χ2v) is 5.30. The van der Waals surface area contributed by atoms with Gasteiger partial charge in [0.15, 0.2) is 6.54 Å². The van der Waals surface area contributed by atoms with Crippen LogP contribution >= 0.6 is 0 Å². The number of rotatable bonds is 4. The van der Waals surface area contributed by atoms with Gasteiger partial charge in [0.2, 0.25) is 5.91 Å². The van der Waals surface area contributed by atoms with Gasteiger partial charge in [0.25, 0.3) is 5.91 Å². The lowest BCUT2D eigenvalue weighted by atomic mass is 10.00. The molecule has 2 rings (SSSR count). The van der Waals surface area contributed by atoms with Gasteiger partial charge in [0, 0.05) is 26.1 Å². The van der Waals surface area contributed by atoms with Crippen molar-refractivity contribution in [2.24, 2.45) is 0 Å². The summed E-state index contributed by atoms with van der Waals surface area (Å²) in [6.07, 6.45) is 1.01. The average molecular weight is 276 g/mol. The molecular weight excluding hydrogens is 254 g/mol. The van der Waals surface area contributed by atoms with Crippen LogP contribution in [-0.4, -0.2) is 50.4 Å². The van der Waals surface area contributed by atoms with Gasteiger partial charge in [-0.05, 0) is 5.56 Å². The lowest BCUT2D eigenvalue weighted by Crippen LogP contribution is -3.12. The summed E-state index contributed by atoms with van der Waals surface area (Å²) in [5.74, 6) is -0.122. The quantitative estimate of drug-likeness (QED) is 0.728. The monoisotopic (exact) mass is 276 g/mol. The summed E-state index contributed by atoms with van der Waals surface area (Å²) >= 11 is 0. The summed E-state index contributed by atoms with van der Waals surface area (Å²) in [6.45, 7) is 2.42. The second kappa shape index (κ2) is 6.52. The van der Waals surface area contributed by atoms with Crippen molar-refractivity contribution in [3.05, 3.63) is 35.4 Å². The molecule has 0 saturated carbocycles. The number of hydrogen-bond acceptors (Lipinski definition) is 2. The highest BCUT2D eigenvalue weighted by Crippen LogP contribution is 2.10. The number of carbonyl (C=O) groups excluding carboxylic acids is 2. The number of nitrogens with zero attached hydrogens (tertiary/aromatic N) is 1. The Kier molecular flexibility index (Phi) is 4.74. The zero-order chi connectivity index (χ0) is 14.5. The van der Waals surface area contributed by atoms with Crippen molar-refractivity contribution in [1.29, 1.82) is 0 Å². The first-order valence-corrected chi connectivity index (χ1v) is 6.95. The Labute approximate surface area is 119 Å². The van der Waals surface area contributed by atoms with Gasteiger partial charge >= 0.3 is 0 Å². The van der Waals surface area contributed by atoms with Gasteiger partial charge in [0.1, 0.15) is 6.54 Å². The average Bonchev–Trinajstić information content (AvgIpc) is 2.46. The highest BCUT2D eigenvalue weighted by Gasteiger charge is 2.23. The van der Waals surface area contributed by atoms with E-state index >= 15 is 0 Å². The van der Waals surface area contributed by atoms with E-state index in [0.717, 1.165) is 19.5 Å². The molecule has 0 aromatic heterocycles. The van der Waals surface area contributed by atoms with E-state index in [1.165, 1.54) is 20.9 Å². The van der Waals surface area contributed by atoms with Crippen LogP contribution in [-0.2, 0) is 22.6 Å². The molecule has 2 N–H and O–H groups in total. The predicted molar refractivity (Wildman–Crippen MR) is 76.3 cm³/mol. The number of quaternary nitrogens is 1. The van der Waals surface area contributed by atoms with Crippen molar-refractivity contribution in [3.63, 3.8) is 0 Å². The number of nitrogens with one attached hydrogen (secondary N) is 2. The summed E-state index contributed by atoms with van der Waals surface area (Å²) in [4.78, 5) is 26.1. The normalized spacial score (nSPS) is 17.2. The van der Waals surface area contributed by atoms with Gasteiger partial charge < -0.3 is 15.1 Å². The molecule has 1 aromatic rings. The lowest BCUT2D eigenvalue weighted by Gasteiger charge is -2.27. The molecule has 2 amide bonds. The summed E-state index contributed by atoms with van der Waals surface area (Å²) in [7, 11) is 3.25. The molecule has 5 nitrogen and oxygen atoms in total. The van der Waals surface area contributed by atoms with Gasteiger partial charge in [0.05, 0.1) is 13.1 Å². The standard InChI is InChI=1S/C15H21N3O2/c1-16-14(19)10-17(2)15(20)11-18-8-7-12-5-3-4-6-13(12)9-18/h3-6H,7-11H2,1-2H3,(H,16,19)/p+1. The van der Waals surface area contributed by atoms with Crippen molar-refractivity contribution in [2.45, 2.75) is 13.0 Å². The van der Waals surface area contributed by atoms with E-state index in [9.17, 15) is 9.59 Å². The molecule has 108 valence electrons. The molecule has 1 aliphatic heterocycles. The van der Waals surface area contributed by atoms with Crippen LogP contribution in [0.15, 0.2) is 24.3 Å². The predicted octanol–water partition coefficient (Wildman–Crippen LogP) is -1.17. The van der Waals surface area contributed by atoms with Crippen LogP contribution in [0.3, 0.4) is 0 Å². The molecule has 0 saturated heterocycles. The van der Waals surface area contributed by atoms with E-state index < -0.39 is 0 Å². The molecule has 5 heteroatoms. The molecule has 0 aliphatic carbocycles. The Bertz CT molecular complexity index is 502. The third-order valence-electron chi connectivity index (χ3n) is 3.79. The van der Waals surface area contributed by atoms with Crippen LogP contribution in [0.2, 0.25) is 0 Å². The first kappa shape index (κ1) is 14.5. The zero-order valence-corrected chi connectivity index (χ0v) is 12.1. The number of amides is 2. The third kappa shape index (κ3) is 3.57. The molecule has 1 aliphatic rings. The number of fused-ring (bicyclic) bond motifs is 1. The molecule has 20 heavy (non-hydrogen) atoms. The summed E-state index contributed by atoms with van der Waals surface area (Å²) in [6, 6.07) is 8.40. The summed E-state index contributed by atoms with van der Waals surface area (Å²) in [5.41, 5.74) is 2.72. The van der Waals surface area contributed by atoms with E-state index in [4.69, 9.17) is 0 Å². The lowest BCUT2D eigenvalue weighted by molar-refractivity contribution is -0.908. The second-order valence-electron chi connectivity index (χ2n) is 5.30. The number of likely N-dealkylation sites (N-methyl/N-ethyl adjacent to an activating group) is 2. The Morgan fingerprint density at radius 2 is 2.00 bits per heavy atom. The Morgan fingerprint density at radius 1 is 1.30 bits per heavy atom. The van der Waals surface area contributed by atoms with Crippen LogP contribution in [0.1, 0.15) is 11.1 Å². The van der Waals surface area contributed by atoms with E-state index in [2.05, 4.69) is 23.5 Å². The minimum absolute atomic E-state index is 0.0166. The maximum atomic E-state index is 12.1. The largest absolute Gasteiger partial charge is 0.358 e. The molecule has 0 radical (unpaired) electrons. The van der Waals surface area contributed by atoms with Crippen LogP contribution in [0.25, 0.3) is 0 Å². The molecule has 1 aromatic carbocycles. The minimum Gasteiger partial charge on any atom is -0.358 e. The van der Waals surface area contributed by atoms with Gasteiger partial charge in [-0.3, -0.25) is 9.59 Å². The van der Waals surface area contributed by atoms with E-state index in [1.807, 2.05) is 6.07 Å². The van der Waals surface area contributed by atoms with Crippen molar-refractivity contribution in [1.82, 2.24) is 10.2 Å². The van der Waals surface area contributed by atoms with Crippen molar-refractivity contribution >= 4 is 11.8 Å². The van der Waals surface area contributed by atoms with E-state index in [0.29, 0.717) is 6.54 Å². The zero-order valence-electron chi connectivity index (χ0n) is 12.1. The molecular formula is C15H22N3O2+. The van der Waals surface area contributed by atoms with Crippen LogP contribution in [0, 0.1) is 0 Å². The Balaban J connectivity index is 1.89.